The standard InChI is InChI=1S/C25H25F2N3O4S2/c26-22-6-5-21(15-23(22)27)36(32,33)29-25(31)7-4-20-3-2-19(16-30-11-1-10-28-30)14-24(20)34-12-8-18-9-13-35-17-18/h1-3,5-6,9-11,13-15,17,32-33H,4,7-8,12,16H2,(H,29,31). The molecule has 0 aliphatic rings. The van der Waals surface area contributed by atoms with E-state index in [4.69, 9.17) is 4.74 Å². The normalized spacial score (nSPS) is 11.9. The number of aromatic nitrogens is 2. The van der Waals surface area contributed by atoms with Gasteiger partial charge in [0, 0.05) is 31.3 Å². The quantitative estimate of drug-likeness (QED) is 0.231. The van der Waals surface area contributed by atoms with Crippen LogP contribution in [0, 0.1) is 11.6 Å². The molecule has 2 aromatic heterocycles. The van der Waals surface area contributed by atoms with Crippen molar-refractivity contribution in [3.8, 4) is 5.75 Å². The van der Waals surface area contributed by atoms with Gasteiger partial charge in [-0.15, -0.1) is 0 Å². The minimum Gasteiger partial charge on any atom is -0.493 e. The summed E-state index contributed by atoms with van der Waals surface area (Å²) in [4.78, 5) is 12.2. The number of ether oxygens (including phenoxy) is 1. The van der Waals surface area contributed by atoms with Gasteiger partial charge in [-0.2, -0.15) is 16.4 Å². The number of halogens is 2. The molecule has 2 heterocycles. The number of amides is 1. The zero-order valence-corrected chi connectivity index (χ0v) is 20.8. The molecule has 11 heteroatoms. The lowest BCUT2D eigenvalue weighted by atomic mass is 10.1. The third-order valence-corrected chi connectivity index (χ3v) is 7.52. The Morgan fingerprint density at radius 2 is 1.94 bits per heavy atom. The highest BCUT2D eigenvalue weighted by Gasteiger charge is 2.21. The van der Waals surface area contributed by atoms with Crippen LogP contribution in [0.1, 0.15) is 23.1 Å². The van der Waals surface area contributed by atoms with Gasteiger partial charge in [-0.3, -0.25) is 18.6 Å². The maximum Gasteiger partial charge on any atom is 0.238 e. The zero-order valence-electron chi connectivity index (χ0n) is 19.1. The minimum atomic E-state index is -3.83. The highest BCUT2D eigenvalue weighted by molar-refractivity contribution is 8.23. The van der Waals surface area contributed by atoms with Crippen molar-refractivity contribution >= 4 is 28.0 Å². The first kappa shape index (κ1) is 25.8. The van der Waals surface area contributed by atoms with Gasteiger partial charge in [-0.1, -0.05) is 22.9 Å². The number of nitrogens with zero attached hydrogens (tertiary/aromatic N) is 2. The second-order valence-corrected chi connectivity index (χ2v) is 10.6. The van der Waals surface area contributed by atoms with Crippen LogP contribution in [0.15, 0.2) is 76.6 Å². The van der Waals surface area contributed by atoms with Crippen LogP contribution >= 0.6 is 22.1 Å². The van der Waals surface area contributed by atoms with Crippen LogP contribution in [0.25, 0.3) is 0 Å². The smallest absolute Gasteiger partial charge is 0.238 e. The molecule has 7 nitrogen and oxygen atoms in total. The molecule has 0 aliphatic carbocycles. The number of benzene rings is 2. The van der Waals surface area contributed by atoms with E-state index in [0.717, 1.165) is 29.7 Å². The van der Waals surface area contributed by atoms with Gasteiger partial charge in [0.1, 0.15) is 5.75 Å². The molecule has 1 amide bonds. The Morgan fingerprint density at radius 3 is 2.67 bits per heavy atom. The average molecular weight is 534 g/mol. The summed E-state index contributed by atoms with van der Waals surface area (Å²) in [5.74, 6) is -2.37. The molecule has 36 heavy (non-hydrogen) atoms. The summed E-state index contributed by atoms with van der Waals surface area (Å²) in [6.07, 6.45) is 4.51. The fourth-order valence-corrected chi connectivity index (χ4v) is 5.27. The van der Waals surface area contributed by atoms with Crippen molar-refractivity contribution < 1.29 is 27.4 Å². The van der Waals surface area contributed by atoms with E-state index < -0.39 is 28.3 Å². The van der Waals surface area contributed by atoms with E-state index in [0.29, 0.717) is 25.0 Å². The first-order valence-corrected chi connectivity index (χ1v) is 13.6. The fraction of sp³-hybridized carbons (Fsp3) is 0.200. The van der Waals surface area contributed by atoms with E-state index in [1.54, 1.807) is 22.2 Å². The summed E-state index contributed by atoms with van der Waals surface area (Å²) in [6, 6.07) is 12.0. The van der Waals surface area contributed by atoms with E-state index in [9.17, 15) is 22.7 Å². The van der Waals surface area contributed by atoms with Gasteiger partial charge in [0.2, 0.25) is 5.91 Å². The number of carbonyl (C=O) groups excluding carboxylic acids is 1. The topological polar surface area (TPSA) is 96.6 Å². The minimum absolute atomic E-state index is 0.0705. The highest BCUT2D eigenvalue weighted by atomic mass is 32.3. The monoisotopic (exact) mass is 533 g/mol. The van der Waals surface area contributed by atoms with Crippen LogP contribution < -0.4 is 9.46 Å². The number of rotatable bonds is 11. The van der Waals surface area contributed by atoms with Crippen LogP contribution in [0.4, 0.5) is 8.78 Å². The van der Waals surface area contributed by atoms with Crippen LogP contribution in [-0.4, -0.2) is 31.4 Å². The molecule has 4 aromatic rings. The van der Waals surface area contributed by atoms with E-state index in [-0.39, 0.29) is 17.7 Å². The van der Waals surface area contributed by atoms with E-state index in [2.05, 4.69) is 15.2 Å². The molecule has 0 saturated carbocycles. The van der Waals surface area contributed by atoms with Gasteiger partial charge >= 0.3 is 0 Å². The number of carbonyl (C=O) groups is 1. The van der Waals surface area contributed by atoms with Crippen molar-refractivity contribution in [2.45, 2.75) is 30.7 Å². The molecule has 0 fully saturated rings. The predicted molar refractivity (Wildman–Crippen MR) is 135 cm³/mol. The van der Waals surface area contributed by atoms with Gasteiger partial charge in [0.15, 0.2) is 11.6 Å². The Balaban J connectivity index is 1.42. The van der Waals surface area contributed by atoms with E-state index in [1.807, 2.05) is 41.9 Å². The summed E-state index contributed by atoms with van der Waals surface area (Å²) >= 11 is 1.62. The lowest BCUT2D eigenvalue weighted by Gasteiger charge is -2.32. The number of nitrogens with one attached hydrogen (secondary N) is 1. The summed E-state index contributed by atoms with van der Waals surface area (Å²) in [7, 11) is -3.83. The number of hydrogen-bond donors (Lipinski definition) is 3. The molecular weight excluding hydrogens is 508 g/mol. The zero-order chi connectivity index (χ0) is 25.5. The maximum atomic E-state index is 13.5. The van der Waals surface area contributed by atoms with Crippen molar-refractivity contribution in [2.75, 3.05) is 6.61 Å². The second-order valence-electron chi connectivity index (χ2n) is 8.03. The lowest BCUT2D eigenvalue weighted by Crippen LogP contribution is -2.27. The summed E-state index contributed by atoms with van der Waals surface area (Å²) < 4.78 is 57.2. The van der Waals surface area contributed by atoms with Crippen molar-refractivity contribution in [1.82, 2.24) is 14.5 Å². The van der Waals surface area contributed by atoms with Crippen molar-refractivity contribution in [3.63, 3.8) is 0 Å². The third-order valence-electron chi connectivity index (χ3n) is 5.36. The Bertz CT molecular complexity index is 1300. The first-order valence-electron chi connectivity index (χ1n) is 11.1. The molecule has 3 N–H and O–H groups in total. The molecule has 0 saturated heterocycles. The predicted octanol–water partition coefficient (Wildman–Crippen LogP) is 5.67. The first-order chi connectivity index (χ1) is 17.3. The molecule has 0 radical (unpaired) electrons. The number of hydrogen-bond acceptors (Lipinski definition) is 6. The summed E-state index contributed by atoms with van der Waals surface area (Å²) in [6.45, 7) is 1.02. The van der Waals surface area contributed by atoms with Gasteiger partial charge in [-0.05, 0) is 64.2 Å². The Kier molecular flexibility index (Phi) is 8.36. The summed E-state index contributed by atoms with van der Waals surface area (Å²) in [5.41, 5.74) is 2.94. The average Bonchev–Trinajstić information content (AvgIpc) is 3.54. The van der Waals surface area contributed by atoms with Gasteiger partial charge in [0.25, 0.3) is 0 Å². The van der Waals surface area contributed by atoms with Crippen LogP contribution in [-0.2, 0) is 24.2 Å². The molecule has 0 atom stereocenters. The lowest BCUT2D eigenvalue weighted by molar-refractivity contribution is -0.119. The molecule has 0 spiro atoms. The molecule has 2 aromatic carbocycles. The molecule has 190 valence electrons. The number of thiophene rings is 1. The maximum absolute atomic E-state index is 13.5. The fourth-order valence-electron chi connectivity index (χ4n) is 3.50. The second kappa shape index (κ2) is 11.7. The third kappa shape index (κ3) is 6.91. The SMILES string of the molecule is O=C(CCc1ccc(Cn2cccn2)cc1OCCc1ccsc1)NS(O)(O)c1ccc(F)c(F)c1. The van der Waals surface area contributed by atoms with Crippen molar-refractivity contribution in [1.29, 1.82) is 0 Å². The van der Waals surface area contributed by atoms with Gasteiger partial charge in [-0.25, -0.2) is 13.5 Å². The molecule has 0 unspecified atom stereocenters. The van der Waals surface area contributed by atoms with Crippen LogP contribution in [0.5, 0.6) is 5.75 Å². The van der Waals surface area contributed by atoms with Crippen molar-refractivity contribution in [3.05, 3.63) is 100 Å². The van der Waals surface area contributed by atoms with Crippen LogP contribution in [0.3, 0.4) is 0 Å². The largest absolute Gasteiger partial charge is 0.493 e. The summed E-state index contributed by atoms with van der Waals surface area (Å²) in [5, 5.41) is 8.30. The van der Waals surface area contributed by atoms with E-state index >= 15 is 0 Å². The van der Waals surface area contributed by atoms with Gasteiger partial charge < -0.3 is 4.74 Å². The highest BCUT2D eigenvalue weighted by Crippen LogP contribution is 2.44. The van der Waals surface area contributed by atoms with Gasteiger partial charge in [0.05, 0.1) is 18.0 Å². The van der Waals surface area contributed by atoms with E-state index in [1.165, 1.54) is 5.56 Å². The molecule has 0 bridgehead atoms. The molecular formula is C25H25F2N3O4S2. The Morgan fingerprint density at radius 1 is 1.08 bits per heavy atom. The molecule has 4 rings (SSSR count). The Labute approximate surface area is 212 Å². The van der Waals surface area contributed by atoms with Crippen molar-refractivity contribution in [2.24, 2.45) is 0 Å². The Hall–Kier alpha value is -3.25. The van der Waals surface area contributed by atoms with Crippen LogP contribution in [0.2, 0.25) is 0 Å². The molecule has 0 aliphatic heterocycles. The number of aryl methyl sites for hydroxylation is 1.